The molecule has 0 amide bonds. The van der Waals surface area contributed by atoms with E-state index in [1.54, 1.807) is 0 Å². The van der Waals surface area contributed by atoms with Gasteiger partial charge in [-0.3, -0.25) is 4.57 Å². The van der Waals surface area contributed by atoms with Crippen LogP contribution in [0.25, 0.3) is 11.2 Å². The summed E-state index contributed by atoms with van der Waals surface area (Å²) in [5.74, 6) is 0.212. The number of rotatable bonds is 1. The van der Waals surface area contributed by atoms with Gasteiger partial charge in [0.1, 0.15) is 30.7 Å². The van der Waals surface area contributed by atoms with Crippen LogP contribution in [0.5, 0.6) is 0 Å². The second-order valence-electron chi connectivity index (χ2n) is 5.00. The van der Waals surface area contributed by atoms with E-state index in [1.807, 2.05) is 0 Å². The van der Waals surface area contributed by atoms with Crippen LogP contribution in [0.3, 0.4) is 0 Å². The molecule has 0 aliphatic carbocycles. The number of nitrogen functional groups attached to an aromatic ring is 1. The third-order valence-corrected chi connectivity index (χ3v) is 4.64. The maximum Gasteiger partial charge on any atom is 0.570 e. The molecule has 11 nitrogen and oxygen atoms in total. The number of nitrogens with two attached hydrogens (primary N) is 1. The van der Waals surface area contributed by atoms with Crippen LogP contribution in [0.15, 0.2) is 12.7 Å². The quantitative estimate of drug-likeness (QED) is 0.465. The monoisotopic (exact) mass is 330 g/mol. The lowest BCUT2D eigenvalue weighted by Crippen LogP contribution is -2.40. The summed E-state index contributed by atoms with van der Waals surface area (Å²) in [5.41, 5.74) is 6.50. The molecule has 2 aromatic heterocycles. The highest BCUT2D eigenvalue weighted by atomic mass is 31.2. The first-order chi connectivity index (χ1) is 10.5. The summed E-state index contributed by atoms with van der Waals surface area (Å²) in [5, 5.41) is 10.4. The largest absolute Gasteiger partial charge is 0.570 e. The predicted octanol–water partition coefficient (Wildman–Crippen LogP) is -1.26. The number of hydrogen-bond donors (Lipinski definition) is 4. The van der Waals surface area contributed by atoms with Gasteiger partial charge in [-0.2, -0.15) is 14.3 Å². The summed E-state index contributed by atoms with van der Waals surface area (Å²) < 4.78 is 17.0. The molecule has 0 aromatic carbocycles. The first-order valence-corrected chi connectivity index (χ1v) is 7.93. The molecule has 2 aliphatic heterocycles. The van der Waals surface area contributed by atoms with E-state index >= 15 is 0 Å². The number of aromatic nitrogens is 4. The predicted molar refractivity (Wildman–Crippen MR) is 71.8 cm³/mol. The Bertz CT molecular complexity index is 725. The van der Waals surface area contributed by atoms with E-state index in [1.165, 1.54) is 17.2 Å². The van der Waals surface area contributed by atoms with Gasteiger partial charge in [0.2, 0.25) is 0 Å². The van der Waals surface area contributed by atoms with Crippen molar-refractivity contribution in [3.8, 4) is 0 Å². The van der Waals surface area contributed by atoms with Crippen molar-refractivity contribution in [1.82, 2.24) is 19.5 Å². The lowest BCUT2D eigenvalue weighted by molar-refractivity contribution is -0.0748. The van der Waals surface area contributed by atoms with E-state index in [0.29, 0.717) is 11.2 Å². The zero-order valence-electron chi connectivity index (χ0n) is 11.1. The average Bonchev–Trinajstić information content (AvgIpc) is 3.01. The minimum Gasteiger partial charge on any atom is -0.385 e. The Morgan fingerprint density at radius 2 is 2.14 bits per heavy atom. The average molecular weight is 330 g/mol. The van der Waals surface area contributed by atoms with Crippen molar-refractivity contribution in [1.29, 1.82) is 0 Å². The molecule has 2 aromatic rings. The maximum absolute atomic E-state index is 10.4. The van der Waals surface area contributed by atoms with Crippen molar-refractivity contribution in [3.63, 3.8) is 0 Å². The molecule has 0 saturated carbocycles. The normalized spacial score (nSPS) is 34.0. The van der Waals surface area contributed by atoms with Gasteiger partial charge in [-0.25, -0.2) is 15.0 Å². The highest BCUT2D eigenvalue weighted by molar-refractivity contribution is 7.54. The van der Waals surface area contributed by atoms with Gasteiger partial charge in [-0.1, -0.05) is 0 Å². The second kappa shape index (κ2) is 4.77. The van der Waals surface area contributed by atoms with Crippen LogP contribution < -0.4 is 5.73 Å². The summed E-state index contributed by atoms with van der Waals surface area (Å²) in [6.07, 6.45) is -0.871. The van der Waals surface area contributed by atoms with E-state index in [0.717, 1.165) is 0 Å². The van der Waals surface area contributed by atoms with Crippen molar-refractivity contribution in [2.24, 2.45) is 0 Å². The maximum atomic E-state index is 10.4. The van der Waals surface area contributed by atoms with Crippen LogP contribution in [0, 0.1) is 0 Å². The zero-order valence-corrected chi connectivity index (χ0v) is 11.9. The van der Waals surface area contributed by atoms with Crippen molar-refractivity contribution in [2.45, 2.75) is 24.5 Å². The summed E-state index contributed by atoms with van der Waals surface area (Å²) in [4.78, 5) is 30.9. The first-order valence-electron chi connectivity index (χ1n) is 6.40. The van der Waals surface area contributed by atoms with Gasteiger partial charge in [0.25, 0.3) is 0 Å². The Hall–Kier alpha value is -1.46. The van der Waals surface area contributed by atoms with Crippen LogP contribution in [0.4, 0.5) is 5.82 Å². The third kappa shape index (κ3) is 2.07. The highest BCUT2D eigenvalue weighted by Crippen LogP contribution is 2.59. The van der Waals surface area contributed by atoms with Gasteiger partial charge in [0.15, 0.2) is 23.8 Å². The van der Waals surface area contributed by atoms with Crippen molar-refractivity contribution in [3.05, 3.63) is 12.7 Å². The Morgan fingerprint density at radius 3 is 2.95 bits per heavy atom. The molecule has 0 bridgehead atoms. The van der Waals surface area contributed by atoms with Gasteiger partial charge in [-0.15, -0.1) is 4.52 Å². The van der Waals surface area contributed by atoms with Crippen molar-refractivity contribution < 1.29 is 28.7 Å². The Morgan fingerprint density at radius 1 is 1.32 bits per heavy atom. The molecular formula is C10H13N5O6P+. The number of nitrogens with zero attached hydrogens (tertiary/aromatic N) is 4. The second-order valence-corrected chi connectivity index (χ2v) is 6.45. The van der Waals surface area contributed by atoms with Crippen LogP contribution >= 0.6 is 8.17 Å². The molecule has 4 atom stereocenters. The van der Waals surface area contributed by atoms with E-state index in [-0.39, 0.29) is 12.4 Å². The molecule has 118 valence electrons. The molecule has 12 heteroatoms. The molecular weight excluding hydrogens is 317 g/mol. The van der Waals surface area contributed by atoms with E-state index < -0.39 is 32.7 Å². The van der Waals surface area contributed by atoms with E-state index in [4.69, 9.17) is 19.5 Å². The van der Waals surface area contributed by atoms with Gasteiger partial charge in [0, 0.05) is 0 Å². The van der Waals surface area contributed by atoms with Crippen molar-refractivity contribution >= 4 is 25.2 Å². The molecule has 0 unspecified atom stereocenters. The highest BCUT2D eigenvalue weighted by Gasteiger charge is 2.59. The molecule has 4 rings (SSSR count). The van der Waals surface area contributed by atoms with Gasteiger partial charge < -0.3 is 15.6 Å². The first kappa shape index (κ1) is 14.2. The third-order valence-electron chi connectivity index (χ3n) is 3.64. The number of imidazole rings is 1. The lowest BCUT2D eigenvalue weighted by atomic mass is 10.1. The minimum atomic E-state index is -3.91. The molecule has 2 aliphatic rings. The molecule has 22 heavy (non-hydrogen) atoms. The van der Waals surface area contributed by atoms with E-state index in [2.05, 4.69) is 15.0 Å². The lowest BCUT2D eigenvalue weighted by Gasteiger charge is -2.24. The number of aliphatic hydroxyl groups excluding tert-OH is 1. The number of fused-ring (bicyclic) bond motifs is 2. The van der Waals surface area contributed by atoms with Crippen LogP contribution in [-0.2, 0) is 13.8 Å². The minimum absolute atomic E-state index is 0.0945. The van der Waals surface area contributed by atoms with Gasteiger partial charge in [0.05, 0.1) is 6.33 Å². The molecule has 4 heterocycles. The Labute approximate surface area is 123 Å². The molecule has 0 spiro atoms. The zero-order chi connectivity index (χ0) is 15.5. The fourth-order valence-electron chi connectivity index (χ4n) is 2.63. The Kier molecular flexibility index (Phi) is 3.07. The standard InChI is InChI=1S/C10H13N5O6P/c11-8-5-9(13-2-12-8)15(3-14-5)10-6(16)7-4(20-10)1-19-22(17,18)21-7/h2-4,6-7,10,16-18H,1H2,(H2,11,12,13)/q+1/t4-,6-,7-,10-/m1/s1. The number of hydrogen-bond acceptors (Lipinski definition) is 10. The smallest absolute Gasteiger partial charge is 0.385 e. The molecule has 2 saturated heterocycles. The fourth-order valence-corrected chi connectivity index (χ4v) is 3.61. The topological polar surface area (TPSA) is 158 Å². The van der Waals surface area contributed by atoms with Crippen LogP contribution in [-0.4, -0.2) is 59.3 Å². The fraction of sp³-hybridized carbons (Fsp3) is 0.500. The van der Waals surface area contributed by atoms with Gasteiger partial charge in [-0.05, 0) is 0 Å². The summed E-state index contributed by atoms with van der Waals surface area (Å²) in [7, 11) is -3.91. The molecule has 2 fully saturated rings. The van der Waals surface area contributed by atoms with Crippen LogP contribution in [0.1, 0.15) is 6.23 Å². The number of anilines is 1. The SMILES string of the molecule is Nc1ncnc2c1ncn2[C@@H]1O[C@@H]2CO[P+](O)(O)O[C@H]2[C@H]1O. The number of ether oxygens (including phenoxy) is 1. The number of aliphatic hydroxyl groups is 1. The summed E-state index contributed by atoms with van der Waals surface area (Å²) in [6, 6.07) is 0. The summed E-state index contributed by atoms with van der Waals surface area (Å²) in [6.45, 7) is -0.0945. The van der Waals surface area contributed by atoms with Gasteiger partial charge >= 0.3 is 8.17 Å². The van der Waals surface area contributed by atoms with Crippen molar-refractivity contribution in [2.75, 3.05) is 12.3 Å². The molecule has 5 N–H and O–H groups in total. The Balaban J connectivity index is 1.70. The summed E-state index contributed by atoms with van der Waals surface area (Å²) >= 11 is 0. The van der Waals surface area contributed by atoms with E-state index in [9.17, 15) is 14.9 Å². The molecule has 0 radical (unpaired) electrons. The van der Waals surface area contributed by atoms with Crippen LogP contribution in [0.2, 0.25) is 0 Å².